The summed E-state index contributed by atoms with van der Waals surface area (Å²) in [6.07, 6.45) is 2.38. The summed E-state index contributed by atoms with van der Waals surface area (Å²) in [6.45, 7) is 5.48. The Balaban J connectivity index is 2.99. The second-order valence-corrected chi connectivity index (χ2v) is 3.42. The third-order valence-electron chi connectivity index (χ3n) is 2.05. The number of rotatable bonds is 3. The first-order chi connectivity index (χ1) is 6.06. The number of nitrogens with two attached hydrogens (primary N) is 1. The van der Waals surface area contributed by atoms with E-state index in [0.29, 0.717) is 6.42 Å². The molecule has 0 amide bonds. The lowest BCUT2D eigenvalue weighted by Gasteiger charge is -2.23. The summed E-state index contributed by atoms with van der Waals surface area (Å²) in [5.74, 6) is -0.252. The van der Waals surface area contributed by atoms with Crippen molar-refractivity contribution in [2.24, 2.45) is 5.73 Å². The summed E-state index contributed by atoms with van der Waals surface area (Å²) in [6, 6.07) is 6.36. The number of halogens is 1. The third-order valence-corrected chi connectivity index (χ3v) is 2.05. The van der Waals surface area contributed by atoms with Crippen LogP contribution < -0.4 is 5.73 Å². The molecule has 70 valence electrons. The van der Waals surface area contributed by atoms with E-state index in [4.69, 9.17) is 5.73 Å². The van der Waals surface area contributed by atoms with E-state index in [9.17, 15) is 4.39 Å². The van der Waals surface area contributed by atoms with E-state index < -0.39 is 5.54 Å². The van der Waals surface area contributed by atoms with Crippen LogP contribution in [0.3, 0.4) is 0 Å². The molecule has 0 saturated heterocycles. The summed E-state index contributed by atoms with van der Waals surface area (Å²) >= 11 is 0. The zero-order valence-electron chi connectivity index (χ0n) is 7.76. The Kier molecular flexibility index (Phi) is 2.83. The molecule has 2 N–H and O–H groups in total. The van der Waals surface area contributed by atoms with Gasteiger partial charge in [-0.1, -0.05) is 18.2 Å². The van der Waals surface area contributed by atoms with Gasteiger partial charge in [0, 0.05) is 5.54 Å². The molecule has 0 aliphatic carbocycles. The van der Waals surface area contributed by atoms with Crippen molar-refractivity contribution in [1.29, 1.82) is 0 Å². The van der Waals surface area contributed by atoms with Crippen LogP contribution in [0.25, 0.3) is 0 Å². The highest BCUT2D eigenvalue weighted by Gasteiger charge is 2.19. The fourth-order valence-corrected chi connectivity index (χ4v) is 1.26. The summed E-state index contributed by atoms with van der Waals surface area (Å²) in [5, 5.41) is 0. The van der Waals surface area contributed by atoms with Gasteiger partial charge in [0.15, 0.2) is 0 Å². The second-order valence-electron chi connectivity index (χ2n) is 3.42. The van der Waals surface area contributed by atoms with Crippen LogP contribution >= 0.6 is 0 Å². The van der Waals surface area contributed by atoms with Crippen LogP contribution in [0.1, 0.15) is 18.9 Å². The van der Waals surface area contributed by atoms with Crippen molar-refractivity contribution >= 4 is 0 Å². The van der Waals surface area contributed by atoms with Crippen molar-refractivity contribution in [2.75, 3.05) is 0 Å². The number of hydrogen-bond donors (Lipinski definition) is 1. The predicted octanol–water partition coefficient (Wildman–Crippen LogP) is 2.58. The van der Waals surface area contributed by atoms with Crippen LogP contribution in [-0.4, -0.2) is 0 Å². The zero-order chi connectivity index (χ0) is 9.90. The van der Waals surface area contributed by atoms with Crippen molar-refractivity contribution in [2.45, 2.75) is 18.9 Å². The normalized spacial score (nSPS) is 15.0. The molecule has 13 heavy (non-hydrogen) atoms. The van der Waals surface area contributed by atoms with Crippen molar-refractivity contribution in [3.63, 3.8) is 0 Å². The molecule has 2 heteroatoms. The predicted molar refractivity (Wildman–Crippen MR) is 52.8 cm³/mol. The molecular formula is C11H14FN. The van der Waals surface area contributed by atoms with E-state index in [1.54, 1.807) is 12.1 Å². The van der Waals surface area contributed by atoms with Gasteiger partial charge in [0.2, 0.25) is 0 Å². The summed E-state index contributed by atoms with van der Waals surface area (Å²) in [5.41, 5.74) is 6.25. The van der Waals surface area contributed by atoms with Gasteiger partial charge in [-0.05, 0) is 31.0 Å². The molecule has 1 nitrogen and oxygen atoms in total. The summed E-state index contributed by atoms with van der Waals surface area (Å²) in [7, 11) is 0. The monoisotopic (exact) mass is 179 g/mol. The van der Waals surface area contributed by atoms with Gasteiger partial charge in [0.1, 0.15) is 5.82 Å². The van der Waals surface area contributed by atoms with Crippen molar-refractivity contribution in [1.82, 2.24) is 0 Å². The highest BCUT2D eigenvalue weighted by Crippen LogP contribution is 2.22. The molecule has 0 aliphatic heterocycles. The topological polar surface area (TPSA) is 26.0 Å². The van der Waals surface area contributed by atoms with Crippen LogP contribution in [0.5, 0.6) is 0 Å². The molecule has 1 aromatic carbocycles. The highest BCUT2D eigenvalue weighted by atomic mass is 19.1. The molecule has 0 saturated carbocycles. The van der Waals surface area contributed by atoms with Gasteiger partial charge in [-0.15, -0.1) is 6.58 Å². The molecule has 0 aliphatic rings. The average Bonchev–Trinajstić information content (AvgIpc) is 2.04. The van der Waals surface area contributed by atoms with E-state index in [2.05, 4.69) is 6.58 Å². The number of benzene rings is 1. The quantitative estimate of drug-likeness (QED) is 0.709. The molecule has 1 atom stereocenters. The molecule has 0 bridgehead atoms. The highest BCUT2D eigenvalue weighted by molar-refractivity contribution is 5.24. The fourth-order valence-electron chi connectivity index (χ4n) is 1.26. The van der Waals surface area contributed by atoms with Gasteiger partial charge < -0.3 is 5.73 Å². The molecule has 1 rings (SSSR count). The van der Waals surface area contributed by atoms with E-state index in [1.165, 1.54) is 12.1 Å². The minimum absolute atomic E-state index is 0.252. The number of hydrogen-bond acceptors (Lipinski definition) is 1. The smallest absolute Gasteiger partial charge is 0.123 e. The molecule has 0 fully saturated rings. The Morgan fingerprint density at radius 2 is 2.31 bits per heavy atom. The molecule has 0 unspecified atom stereocenters. The van der Waals surface area contributed by atoms with Crippen LogP contribution in [0.15, 0.2) is 36.9 Å². The van der Waals surface area contributed by atoms with Crippen LogP contribution in [0.2, 0.25) is 0 Å². The minimum atomic E-state index is -0.524. The largest absolute Gasteiger partial charge is 0.321 e. The lowest BCUT2D eigenvalue weighted by Crippen LogP contribution is -2.32. The molecular weight excluding hydrogens is 165 g/mol. The first-order valence-corrected chi connectivity index (χ1v) is 4.22. The standard InChI is InChI=1S/C11H14FN/c1-3-7-11(2,13)9-5-4-6-10(12)8-9/h3-6,8H,1,7,13H2,2H3/t11-/m0/s1. The summed E-state index contributed by atoms with van der Waals surface area (Å²) < 4.78 is 12.9. The second kappa shape index (κ2) is 3.71. The van der Waals surface area contributed by atoms with Gasteiger partial charge in [-0.3, -0.25) is 0 Å². The fraction of sp³-hybridized carbons (Fsp3) is 0.273. The Labute approximate surface area is 78.1 Å². The van der Waals surface area contributed by atoms with Crippen molar-refractivity contribution < 1.29 is 4.39 Å². The van der Waals surface area contributed by atoms with Crippen LogP contribution in [0.4, 0.5) is 4.39 Å². The van der Waals surface area contributed by atoms with Gasteiger partial charge in [0.25, 0.3) is 0 Å². The lowest BCUT2D eigenvalue weighted by atomic mass is 9.90. The van der Waals surface area contributed by atoms with Crippen LogP contribution in [-0.2, 0) is 5.54 Å². The van der Waals surface area contributed by atoms with E-state index >= 15 is 0 Å². The molecule has 0 spiro atoms. The van der Waals surface area contributed by atoms with Gasteiger partial charge >= 0.3 is 0 Å². The minimum Gasteiger partial charge on any atom is -0.321 e. The maximum atomic E-state index is 12.9. The van der Waals surface area contributed by atoms with Gasteiger partial charge in [-0.25, -0.2) is 4.39 Å². The molecule has 0 aromatic heterocycles. The summed E-state index contributed by atoms with van der Waals surface area (Å²) in [4.78, 5) is 0. The third kappa shape index (κ3) is 2.39. The van der Waals surface area contributed by atoms with Crippen LogP contribution in [0, 0.1) is 5.82 Å². The first-order valence-electron chi connectivity index (χ1n) is 4.22. The van der Waals surface area contributed by atoms with E-state index in [-0.39, 0.29) is 5.82 Å². The maximum absolute atomic E-state index is 12.9. The van der Waals surface area contributed by atoms with Gasteiger partial charge in [-0.2, -0.15) is 0 Å². The molecule has 0 radical (unpaired) electrons. The Hall–Kier alpha value is -1.15. The molecule has 1 aromatic rings. The van der Waals surface area contributed by atoms with Crippen molar-refractivity contribution in [3.05, 3.63) is 48.3 Å². The van der Waals surface area contributed by atoms with E-state index in [0.717, 1.165) is 5.56 Å². The van der Waals surface area contributed by atoms with E-state index in [1.807, 2.05) is 13.0 Å². The van der Waals surface area contributed by atoms with Gasteiger partial charge in [0.05, 0.1) is 0 Å². The first kappa shape index (κ1) is 9.93. The Morgan fingerprint density at radius 3 is 2.85 bits per heavy atom. The lowest BCUT2D eigenvalue weighted by molar-refractivity contribution is 0.497. The zero-order valence-corrected chi connectivity index (χ0v) is 7.76. The maximum Gasteiger partial charge on any atom is 0.123 e. The van der Waals surface area contributed by atoms with Crippen molar-refractivity contribution in [3.8, 4) is 0 Å². The SMILES string of the molecule is C=CC[C@](C)(N)c1cccc(F)c1. The molecule has 0 heterocycles. The Morgan fingerprint density at radius 1 is 1.62 bits per heavy atom. The Bertz CT molecular complexity index is 305. The average molecular weight is 179 g/mol.